The van der Waals surface area contributed by atoms with Crippen LogP contribution >= 0.6 is 0 Å². The van der Waals surface area contributed by atoms with Crippen LogP contribution in [0.1, 0.15) is 23.3 Å². The van der Waals surface area contributed by atoms with Gasteiger partial charge >= 0.3 is 0 Å². The molecule has 30 heavy (non-hydrogen) atoms. The van der Waals surface area contributed by atoms with Crippen molar-refractivity contribution in [2.75, 3.05) is 32.2 Å². The predicted octanol–water partition coefficient (Wildman–Crippen LogP) is 3.10. The molecule has 0 saturated heterocycles. The molecule has 156 valence electrons. The maximum atomic E-state index is 12.4. The SMILES string of the molecule is COc1cccc2[nH]c(C(=O)NCCCC(=O)Nc3ccc4c(c3)OCCO4)cc12. The molecule has 0 spiro atoms. The van der Waals surface area contributed by atoms with E-state index in [2.05, 4.69) is 15.6 Å². The highest BCUT2D eigenvalue weighted by molar-refractivity contribution is 5.99. The van der Waals surface area contributed by atoms with Gasteiger partial charge in [-0.1, -0.05) is 6.07 Å². The van der Waals surface area contributed by atoms with Crippen LogP contribution in [-0.2, 0) is 4.79 Å². The summed E-state index contributed by atoms with van der Waals surface area (Å²) >= 11 is 0. The fourth-order valence-electron chi connectivity index (χ4n) is 3.32. The summed E-state index contributed by atoms with van der Waals surface area (Å²) in [6.07, 6.45) is 0.806. The van der Waals surface area contributed by atoms with Gasteiger partial charge in [-0.15, -0.1) is 0 Å². The molecule has 0 unspecified atom stereocenters. The van der Waals surface area contributed by atoms with Gasteiger partial charge in [-0.2, -0.15) is 0 Å². The lowest BCUT2D eigenvalue weighted by Crippen LogP contribution is -2.25. The monoisotopic (exact) mass is 409 g/mol. The Kier molecular flexibility index (Phi) is 5.74. The fraction of sp³-hybridized carbons (Fsp3) is 0.273. The summed E-state index contributed by atoms with van der Waals surface area (Å²) in [6.45, 7) is 1.41. The van der Waals surface area contributed by atoms with Crippen LogP contribution in [-0.4, -0.2) is 43.7 Å². The summed E-state index contributed by atoms with van der Waals surface area (Å²) in [5.41, 5.74) is 1.94. The van der Waals surface area contributed by atoms with E-state index in [0.717, 1.165) is 10.9 Å². The lowest BCUT2D eigenvalue weighted by Gasteiger charge is -2.19. The minimum atomic E-state index is -0.222. The number of hydrogen-bond acceptors (Lipinski definition) is 5. The molecule has 1 aliphatic rings. The number of amides is 2. The Morgan fingerprint density at radius 2 is 1.93 bits per heavy atom. The molecule has 0 bridgehead atoms. The zero-order valence-electron chi connectivity index (χ0n) is 16.6. The number of ether oxygens (including phenoxy) is 3. The first kappa shape index (κ1) is 19.6. The minimum absolute atomic E-state index is 0.128. The Balaban J connectivity index is 1.25. The van der Waals surface area contributed by atoms with Gasteiger partial charge in [-0.05, 0) is 36.8 Å². The van der Waals surface area contributed by atoms with Crippen molar-refractivity contribution in [2.24, 2.45) is 0 Å². The third-order valence-electron chi connectivity index (χ3n) is 4.78. The van der Waals surface area contributed by atoms with Crippen molar-refractivity contribution in [3.63, 3.8) is 0 Å². The number of aromatic amines is 1. The zero-order valence-corrected chi connectivity index (χ0v) is 16.6. The molecular formula is C22H23N3O5. The van der Waals surface area contributed by atoms with Crippen molar-refractivity contribution >= 4 is 28.4 Å². The Morgan fingerprint density at radius 1 is 1.10 bits per heavy atom. The fourth-order valence-corrected chi connectivity index (χ4v) is 3.32. The quantitative estimate of drug-likeness (QED) is 0.521. The van der Waals surface area contributed by atoms with Gasteiger partial charge in [0.2, 0.25) is 5.91 Å². The van der Waals surface area contributed by atoms with E-state index < -0.39 is 0 Å². The van der Waals surface area contributed by atoms with Gasteiger partial charge in [0.05, 0.1) is 7.11 Å². The summed E-state index contributed by atoms with van der Waals surface area (Å²) in [6, 6.07) is 12.7. The van der Waals surface area contributed by atoms with Gasteiger partial charge in [0, 0.05) is 35.6 Å². The summed E-state index contributed by atoms with van der Waals surface area (Å²) in [5.74, 6) is 1.66. The highest BCUT2D eigenvalue weighted by atomic mass is 16.6. The van der Waals surface area contributed by atoms with Crippen molar-refractivity contribution in [1.82, 2.24) is 10.3 Å². The largest absolute Gasteiger partial charge is 0.496 e. The van der Waals surface area contributed by atoms with E-state index in [4.69, 9.17) is 14.2 Å². The normalized spacial score (nSPS) is 12.4. The minimum Gasteiger partial charge on any atom is -0.496 e. The molecule has 1 aliphatic heterocycles. The highest BCUT2D eigenvalue weighted by Crippen LogP contribution is 2.32. The molecular weight excluding hydrogens is 386 g/mol. The average molecular weight is 409 g/mol. The molecule has 1 aromatic heterocycles. The van der Waals surface area contributed by atoms with Crippen molar-refractivity contribution in [2.45, 2.75) is 12.8 Å². The van der Waals surface area contributed by atoms with Crippen LogP contribution in [0, 0.1) is 0 Å². The number of anilines is 1. The molecule has 8 heteroatoms. The molecule has 8 nitrogen and oxygen atoms in total. The number of methoxy groups -OCH3 is 1. The van der Waals surface area contributed by atoms with E-state index in [1.807, 2.05) is 18.2 Å². The zero-order chi connectivity index (χ0) is 20.9. The van der Waals surface area contributed by atoms with Crippen molar-refractivity contribution in [1.29, 1.82) is 0 Å². The average Bonchev–Trinajstić information content (AvgIpc) is 3.21. The van der Waals surface area contributed by atoms with E-state index in [1.165, 1.54) is 0 Å². The Labute approximate surface area is 173 Å². The highest BCUT2D eigenvalue weighted by Gasteiger charge is 2.14. The van der Waals surface area contributed by atoms with E-state index in [9.17, 15) is 9.59 Å². The van der Waals surface area contributed by atoms with E-state index in [1.54, 1.807) is 31.4 Å². The van der Waals surface area contributed by atoms with Gasteiger partial charge in [-0.25, -0.2) is 0 Å². The van der Waals surface area contributed by atoms with Crippen LogP contribution in [0.3, 0.4) is 0 Å². The molecule has 2 amide bonds. The maximum Gasteiger partial charge on any atom is 0.267 e. The van der Waals surface area contributed by atoms with Crippen LogP contribution in [0.5, 0.6) is 17.2 Å². The van der Waals surface area contributed by atoms with E-state index >= 15 is 0 Å². The van der Waals surface area contributed by atoms with Gasteiger partial charge in [0.1, 0.15) is 24.7 Å². The van der Waals surface area contributed by atoms with Crippen molar-refractivity contribution < 1.29 is 23.8 Å². The smallest absolute Gasteiger partial charge is 0.267 e. The number of benzene rings is 2. The van der Waals surface area contributed by atoms with Crippen LogP contribution in [0.15, 0.2) is 42.5 Å². The summed E-state index contributed by atoms with van der Waals surface area (Å²) in [5, 5.41) is 6.52. The Bertz CT molecular complexity index is 1080. The lowest BCUT2D eigenvalue weighted by atomic mass is 10.2. The first-order valence-electron chi connectivity index (χ1n) is 9.77. The van der Waals surface area contributed by atoms with Crippen molar-refractivity contribution in [3.8, 4) is 17.2 Å². The molecule has 0 atom stereocenters. The van der Waals surface area contributed by atoms with Crippen LogP contribution in [0.25, 0.3) is 10.9 Å². The second-order valence-corrected chi connectivity index (χ2v) is 6.87. The third-order valence-corrected chi connectivity index (χ3v) is 4.78. The molecule has 0 aliphatic carbocycles. The number of carbonyl (C=O) groups is 2. The maximum absolute atomic E-state index is 12.4. The molecule has 0 fully saturated rings. The standard InChI is InChI=1S/C22H23N3O5/c1-28-18-5-2-4-16-15(18)13-17(25-16)22(27)23-9-3-6-21(26)24-14-7-8-19-20(12-14)30-11-10-29-19/h2,4-5,7-8,12-13,25H,3,6,9-11H2,1H3,(H,23,27)(H,24,26). The van der Waals surface area contributed by atoms with Crippen LogP contribution in [0.2, 0.25) is 0 Å². The molecule has 4 rings (SSSR count). The first-order valence-corrected chi connectivity index (χ1v) is 9.77. The molecule has 0 saturated carbocycles. The van der Waals surface area contributed by atoms with Crippen molar-refractivity contribution in [3.05, 3.63) is 48.2 Å². The Hall–Kier alpha value is -3.68. The second-order valence-electron chi connectivity index (χ2n) is 6.87. The second kappa shape index (κ2) is 8.77. The number of hydrogen-bond donors (Lipinski definition) is 3. The number of aromatic nitrogens is 1. The number of carbonyl (C=O) groups excluding carboxylic acids is 2. The summed E-state index contributed by atoms with van der Waals surface area (Å²) < 4.78 is 16.3. The molecule has 3 N–H and O–H groups in total. The van der Waals surface area contributed by atoms with Gasteiger partial charge in [-0.3, -0.25) is 9.59 Å². The summed E-state index contributed by atoms with van der Waals surface area (Å²) in [4.78, 5) is 27.6. The van der Waals surface area contributed by atoms with Gasteiger partial charge in [0.25, 0.3) is 5.91 Å². The van der Waals surface area contributed by atoms with Crippen LogP contribution < -0.4 is 24.8 Å². The molecule has 0 radical (unpaired) electrons. The topological polar surface area (TPSA) is 102 Å². The molecule has 3 aromatic rings. The Morgan fingerprint density at radius 3 is 2.77 bits per heavy atom. The lowest BCUT2D eigenvalue weighted by molar-refractivity contribution is -0.116. The van der Waals surface area contributed by atoms with E-state index in [0.29, 0.717) is 54.8 Å². The number of rotatable bonds is 7. The van der Waals surface area contributed by atoms with E-state index in [-0.39, 0.29) is 18.2 Å². The molecule has 2 aromatic carbocycles. The number of H-pyrrole nitrogens is 1. The number of nitrogens with one attached hydrogen (secondary N) is 3. The van der Waals surface area contributed by atoms with Gasteiger partial charge < -0.3 is 29.8 Å². The predicted molar refractivity (Wildman–Crippen MR) is 112 cm³/mol. The van der Waals surface area contributed by atoms with Crippen LogP contribution in [0.4, 0.5) is 5.69 Å². The third kappa shape index (κ3) is 4.32. The first-order chi connectivity index (χ1) is 14.6. The summed E-state index contributed by atoms with van der Waals surface area (Å²) in [7, 11) is 1.59. The number of fused-ring (bicyclic) bond motifs is 2. The van der Waals surface area contributed by atoms with Gasteiger partial charge in [0.15, 0.2) is 11.5 Å². The molecule has 2 heterocycles.